The van der Waals surface area contributed by atoms with Crippen LogP contribution in [0, 0.1) is 0 Å². The van der Waals surface area contributed by atoms with Crippen LogP contribution in [0.15, 0.2) is 6.20 Å². The minimum absolute atomic E-state index is 0.0419. The highest BCUT2D eigenvalue weighted by molar-refractivity contribution is 6.48. The largest absolute Gasteiger partial charge is 0.450 e. The molecule has 2 rings (SSSR count). The van der Waals surface area contributed by atoms with Crippen LogP contribution in [0.3, 0.4) is 0 Å². The van der Waals surface area contributed by atoms with Crippen LogP contribution in [0.25, 0.3) is 0 Å². The number of ether oxygens (including phenoxy) is 1. The molecule has 1 unspecified atom stereocenters. The van der Waals surface area contributed by atoms with Gasteiger partial charge in [-0.3, -0.25) is 4.79 Å². The first-order chi connectivity index (χ1) is 9.00. The maximum Gasteiger partial charge on any atom is 0.359 e. The van der Waals surface area contributed by atoms with Gasteiger partial charge in [0.05, 0.1) is 15.1 Å². The quantitative estimate of drug-likeness (QED) is 0.779. The molecule has 1 heterocycles. The molecule has 1 aromatic rings. The Morgan fingerprint density at radius 3 is 2.68 bits per heavy atom. The Kier molecular flexibility index (Phi) is 4.66. The topological polar surface area (TPSA) is 56.3 Å². The molecule has 7 heteroatoms. The van der Waals surface area contributed by atoms with Crippen LogP contribution in [0.5, 0.6) is 0 Å². The monoisotopic (exact) mass is 321 g/mol. The van der Waals surface area contributed by atoms with Crippen LogP contribution >= 0.6 is 34.8 Å². The summed E-state index contributed by atoms with van der Waals surface area (Å²) in [5.41, 5.74) is -0.130. The van der Waals surface area contributed by atoms with Gasteiger partial charge >= 0.3 is 5.97 Å². The van der Waals surface area contributed by atoms with Crippen molar-refractivity contribution in [3.63, 3.8) is 0 Å². The van der Waals surface area contributed by atoms with Crippen molar-refractivity contribution in [2.75, 3.05) is 0 Å². The van der Waals surface area contributed by atoms with E-state index in [1.807, 2.05) is 0 Å². The summed E-state index contributed by atoms with van der Waals surface area (Å²) in [7, 11) is 0. The number of aromatic nitrogens is 1. The molecule has 0 saturated heterocycles. The fraction of sp³-hybridized carbons (Fsp3) is 0.417. The summed E-state index contributed by atoms with van der Waals surface area (Å²) in [6.07, 6.45) is 3.15. The van der Waals surface area contributed by atoms with Gasteiger partial charge < -0.3 is 4.74 Å². The van der Waals surface area contributed by atoms with Crippen molar-refractivity contribution in [2.45, 2.75) is 31.8 Å². The molecule has 0 amide bonds. The average molecular weight is 323 g/mol. The summed E-state index contributed by atoms with van der Waals surface area (Å²) in [6.45, 7) is 0. The van der Waals surface area contributed by atoms with Crippen LogP contribution in [0.1, 0.15) is 36.2 Å². The number of pyridine rings is 1. The molecular formula is C12H10Cl3NO3. The molecule has 4 nitrogen and oxygen atoms in total. The molecule has 0 aromatic carbocycles. The molecule has 1 aliphatic rings. The Hall–Kier alpha value is -0.840. The molecule has 0 spiro atoms. The molecule has 0 bridgehead atoms. The Morgan fingerprint density at radius 2 is 2.00 bits per heavy atom. The van der Waals surface area contributed by atoms with E-state index in [0.29, 0.717) is 12.8 Å². The van der Waals surface area contributed by atoms with E-state index in [2.05, 4.69) is 4.98 Å². The lowest BCUT2D eigenvalue weighted by Crippen LogP contribution is -2.30. The Labute approximate surface area is 125 Å². The van der Waals surface area contributed by atoms with E-state index in [-0.39, 0.29) is 26.5 Å². The Bertz CT molecular complexity index is 533. The highest BCUT2D eigenvalue weighted by atomic mass is 35.5. The lowest BCUT2D eigenvalue weighted by molar-refractivity contribution is -0.129. The lowest BCUT2D eigenvalue weighted by atomic mass is 9.96. The van der Waals surface area contributed by atoms with Crippen LogP contribution in [0.4, 0.5) is 0 Å². The van der Waals surface area contributed by atoms with E-state index in [9.17, 15) is 9.59 Å². The molecular weight excluding hydrogens is 312 g/mol. The zero-order valence-electron chi connectivity index (χ0n) is 9.79. The van der Waals surface area contributed by atoms with Crippen molar-refractivity contribution in [1.82, 2.24) is 4.98 Å². The van der Waals surface area contributed by atoms with Gasteiger partial charge in [0.15, 0.2) is 17.6 Å². The summed E-state index contributed by atoms with van der Waals surface area (Å²) < 4.78 is 5.13. The fourth-order valence-corrected chi connectivity index (χ4v) is 2.40. The second-order valence-electron chi connectivity index (χ2n) is 4.19. The number of carbonyl (C=O) groups excluding carboxylic acids is 2. The standard InChI is InChI=1S/C12H10Cl3NO3/c13-6-5-16-11(10(15)9(6)14)12(18)19-8-4-2-1-3-7(8)17/h5,8H,1-4H2. The number of nitrogens with zero attached hydrogens (tertiary/aromatic N) is 1. The SMILES string of the molecule is O=C(OC1CCCCC1=O)c1ncc(Cl)c(Cl)c1Cl. The van der Waals surface area contributed by atoms with Gasteiger partial charge in [-0.05, 0) is 19.3 Å². The Balaban J connectivity index is 2.16. The molecule has 1 fully saturated rings. The van der Waals surface area contributed by atoms with E-state index in [1.54, 1.807) is 0 Å². The zero-order chi connectivity index (χ0) is 14.0. The molecule has 1 saturated carbocycles. The number of Topliss-reactive ketones (excluding diaryl/α,β-unsaturated/α-hetero) is 1. The summed E-state index contributed by atoms with van der Waals surface area (Å²) in [4.78, 5) is 27.3. The summed E-state index contributed by atoms with van der Waals surface area (Å²) in [6, 6.07) is 0. The maximum atomic E-state index is 11.9. The van der Waals surface area contributed by atoms with E-state index in [1.165, 1.54) is 6.20 Å². The molecule has 102 valence electrons. The molecule has 0 radical (unpaired) electrons. The van der Waals surface area contributed by atoms with E-state index < -0.39 is 12.1 Å². The normalized spacial score (nSPS) is 19.3. The van der Waals surface area contributed by atoms with Crippen molar-refractivity contribution in [1.29, 1.82) is 0 Å². The van der Waals surface area contributed by atoms with Gasteiger partial charge in [-0.25, -0.2) is 9.78 Å². The number of hydrogen-bond acceptors (Lipinski definition) is 4. The lowest BCUT2D eigenvalue weighted by Gasteiger charge is -2.20. The van der Waals surface area contributed by atoms with Gasteiger partial charge in [0, 0.05) is 12.6 Å². The first-order valence-corrected chi connectivity index (χ1v) is 6.87. The minimum atomic E-state index is -0.760. The summed E-state index contributed by atoms with van der Waals surface area (Å²) in [5, 5.41) is 0.125. The Morgan fingerprint density at radius 1 is 1.26 bits per heavy atom. The van der Waals surface area contributed by atoms with E-state index in [4.69, 9.17) is 39.5 Å². The van der Waals surface area contributed by atoms with Gasteiger partial charge in [0.1, 0.15) is 0 Å². The smallest absolute Gasteiger partial charge is 0.359 e. The molecule has 0 aliphatic heterocycles. The number of esters is 1. The highest BCUT2D eigenvalue weighted by Gasteiger charge is 2.28. The predicted molar refractivity (Wildman–Crippen MR) is 71.9 cm³/mol. The number of carbonyl (C=O) groups is 2. The van der Waals surface area contributed by atoms with E-state index in [0.717, 1.165) is 12.8 Å². The number of hydrogen-bond donors (Lipinski definition) is 0. The zero-order valence-corrected chi connectivity index (χ0v) is 12.1. The van der Waals surface area contributed by atoms with Crippen LogP contribution in [-0.2, 0) is 9.53 Å². The second-order valence-corrected chi connectivity index (χ2v) is 5.35. The average Bonchev–Trinajstić information content (AvgIpc) is 2.39. The van der Waals surface area contributed by atoms with Crippen molar-refractivity contribution in [2.24, 2.45) is 0 Å². The first kappa shape index (κ1) is 14.6. The molecule has 1 aromatic heterocycles. The molecule has 1 atom stereocenters. The number of ketones is 1. The van der Waals surface area contributed by atoms with Crippen LogP contribution in [-0.4, -0.2) is 22.8 Å². The van der Waals surface area contributed by atoms with E-state index >= 15 is 0 Å². The predicted octanol–water partition coefficient (Wildman–Crippen LogP) is 3.71. The van der Waals surface area contributed by atoms with Crippen molar-refractivity contribution >= 4 is 46.6 Å². The third-order valence-electron chi connectivity index (χ3n) is 2.86. The molecule has 0 N–H and O–H groups in total. The second kappa shape index (κ2) is 6.07. The summed E-state index contributed by atoms with van der Waals surface area (Å²) >= 11 is 17.4. The number of rotatable bonds is 2. The maximum absolute atomic E-state index is 11.9. The van der Waals surface area contributed by atoms with Gasteiger partial charge in [-0.15, -0.1) is 0 Å². The summed E-state index contributed by atoms with van der Waals surface area (Å²) in [5.74, 6) is -0.834. The van der Waals surface area contributed by atoms with Crippen molar-refractivity contribution in [3.05, 3.63) is 27.0 Å². The van der Waals surface area contributed by atoms with Crippen molar-refractivity contribution < 1.29 is 14.3 Å². The fourth-order valence-electron chi connectivity index (χ4n) is 1.85. The molecule has 19 heavy (non-hydrogen) atoms. The van der Waals surface area contributed by atoms with Gasteiger partial charge in [0.25, 0.3) is 0 Å². The first-order valence-electron chi connectivity index (χ1n) is 5.74. The van der Waals surface area contributed by atoms with Crippen molar-refractivity contribution in [3.8, 4) is 0 Å². The van der Waals surface area contributed by atoms with Gasteiger partial charge in [-0.1, -0.05) is 34.8 Å². The minimum Gasteiger partial charge on any atom is -0.450 e. The third kappa shape index (κ3) is 3.19. The molecule has 1 aliphatic carbocycles. The third-order valence-corrected chi connectivity index (χ3v) is 4.10. The van der Waals surface area contributed by atoms with Crippen LogP contribution in [0.2, 0.25) is 15.1 Å². The van der Waals surface area contributed by atoms with Gasteiger partial charge in [0.2, 0.25) is 0 Å². The highest BCUT2D eigenvalue weighted by Crippen LogP contribution is 2.31. The number of halogens is 3. The van der Waals surface area contributed by atoms with Crippen LogP contribution < -0.4 is 0 Å². The van der Waals surface area contributed by atoms with Gasteiger partial charge in [-0.2, -0.15) is 0 Å².